The van der Waals surface area contributed by atoms with Crippen LogP contribution in [0, 0.1) is 6.92 Å². The van der Waals surface area contributed by atoms with Crippen LogP contribution in [0.15, 0.2) is 40.0 Å². The highest BCUT2D eigenvalue weighted by atomic mass is 32.2. The van der Waals surface area contributed by atoms with E-state index < -0.39 is 0 Å². The first-order chi connectivity index (χ1) is 10.7. The van der Waals surface area contributed by atoms with Crippen molar-refractivity contribution >= 4 is 17.5 Å². The van der Waals surface area contributed by atoms with Gasteiger partial charge in [0.05, 0.1) is 5.69 Å². The number of fused-ring (bicyclic) bond motifs is 1. The Morgan fingerprint density at radius 3 is 2.73 bits per heavy atom. The van der Waals surface area contributed by atoms with E-state index in [1.807, 2.05) is 0 Å². The number of hydrogen-bond donors (Lipinski definition) is 1. The van der Waals surface area contributed by atoms with Crippen molar-refractivity contribution < 1.29 is 0 Å². The second-order valence-corrected chi connectivity index (χ2v) is 6.29. The Labute approximate surface area is 132 Å². The molecule has 0 fully saturated rings. The van der Waals surface area contributed by atoms with Crippen molar-refractivity contribution in [1.29, 1.82) is 0 Å². The van der Waals surface area contributed by atoms with Gasteiger partial charge in [0, 0.05) is 23.1 Å². The third-order valence-corrected chi connectivity index (χ3v) is 4.37. The van der Waals surface area contributed by atoms with Crippen LogP contribution < -0.4 is 5.56 Å². The molecule has 0 radical (unpaired) electrons. The zero-order valence-corrected chi connectivity index (χ0v) is 13.5. The SMILES string of the molecule is CCCc1nc2nc(CSc3ccc(C)cc3)cc(=O)n2[nH]1. The summed E-state index contributed by atoms with van der Waals surface area (Å²) >= 11 is 1.67. The van der Waals surface area contributed by atoms with Gasteiger partial charge in [0.1, 0.15) is 5.82 Å². The number of rotatable bonds is 5. The Balaban J connectivity index is 1.81. The molecule has 0 unspecified atom stereocenters. The quantitative estimate of drug-likeness (QED) is 0.735. The second-order valence-electron chi connectivity index (χ2n) is 5.24. The maximum Gasteiger partial charge on any atom is 0.274 e. The molecule has 0 saturated carbocycles. The normalized spacial score (nSPS) is 11.2. The van der Waals surface area contributed by atoms with Crippen molar-refractivity contribution in [3.63, 3.8) is 0 Å². The van der Waals surface area contributed by atoms with E-state index in [0.717, 1.165) is 24.4 Å². The summed E-state index contributed by atoms with van der Waals surface area (Å²) in [6.07, 6.45) is 1.79. The monoisotopic (exact) mass is 314 g/mol. The van der Waals surface area contributed by atoms with Gasteiger partial charge in [-0.25, -0.2) is 4.98 Å². The van der Waals surface area contributed by atoms with Crippen LogP contribution in [0.4, 0.5) is 0 Å². The van der Waals surface area contributed by atoms with Crippen LogP contribution in [0.1, 0.15) is 30.4 Å². The zero-order valence-electron chi connectivity index (χ0n) is 12.7. The molecule has 3 rings (SSSR count). The van der Waals surface area contributed by atoms with Crippen LogP contribution in [-0.4, -0.2) is 19.6 Å². The molecular weight excluding hydrogens is 296 g/mol. The summed E-state index contributed by atoms with van der Waals surface area (Å²) in [4.78, 5) is 22.1. The molecule has 5 nitrogen and oxygen atoms in total. The largest absolute Gasteiger partial charge is 0.275 e. The molecule has 0 aliphatic heterocycles. The first-order valence-corrected chi connectivity index (χ1v) is 8.31. The number of thioether (sulfide) groups is 1. The van der Waals surface area contributed by atoms with Crippen LogP contribution in [-0.2, 0) is 12.2 Å². The summed E-state index contributed by atoms with van der Waals surface area (Å²) in [6.45, 7) is 4.14. The minimum absolute atomic E-state index is 0.112. The minimum atomic E-state index is -0.112. The number of aromatic amines is 1. The van der Waals surface area contributed by atoms with Crippen molar-refractivity contribution in [3.8, 4) is 0 Å². The average molecular weight is 314 g/mol. The van der Waals surface area contributed by atoms with E-state index in [1.54, 1.807) is 17.8 Å². The van der Waals surface area contributed by atoms with Gasteiger partial charge in [0.25, 0.3) is 11.3 Å². The lowest BCUT2D eigenvalue weighted by atomic mass is 10.2. The fourth-order valence-electron chi connectivity index (χ4n) is 2.19. The Morgan fingerprint density at radius 2 is 2.00 bits per heavy atom. The molecule has 22 heavy (non-hydrogen) atoms. The van der Waals surface area contributed by atoms with E-state index in [2.05, 4.69) is 53.2 Å². The molecule has 0 amide bonds. The maximum atomic E-state index is 12.1. The van der Waals surface area contributed by atoms with Crippen LogP contribution in [0.25, 0.3) is 5.78 Å². The number of aromatic nitrogens is 4. The number of benzene rings is 1. The topological polar surface area (TPSA) is 63.1 Å². The van der Waals surface area contributed by atoms with Crippen molar-refractivity contribution in [2.24, 2.45) is 0 Å². The van der Waals surface area contributed by atoms with Gasteiger partial charge < -0.3 is 0 Å². The molecule has 0 saturated heterocycles. The Kier molecular flexibility index (Phi) is 4.29. The molecule has 6 heteroatoms. The van der Waals surface area contributed by atoms with Gasteiger partial charge in [0.15, 0.2) is 0 Å². The van der Waals surface area contributed by atoms with Crippen molar-refractivity contribution in [2.45, 2.75) is 37.3 Å². The molecule has 0 aliphatic rings. The average Bonchev–Trinajstić information content (AvgIpc) is 2.90. The molecule has 0 spiro atoms. The standard InChI is InChI=1S/C16H18N4OS/c1-3-4-14-18-16-17-12(9-15(21)20(16)19-14)10-22-13-7-5-11(2)6-8-13/h5-9H,3-4,10H2,1-2H3,(H,17,18,19). The lowest BCUT2D eigenvalue weighted by Crippen LogP contribution is -2.15. The second kappa shape index (κ2) is 6.36. The predicted molar refractivity (Wildman–Crippen MR) is 88.3 cm³/mol. The first-order valence-electron chi connectivity index (χ1n) is 7.33. The summed E-state index contributed by atoms with van der Waals surface area (Å²) in [6, 6.07) is 9.90. The molecule has 3 aromatic rings. The molecule has 0 aliphatic carbocycles. The molecular formula is C16H18N4OS. The van der Waals surface area contributed by atoms with E-state index in [4.69, 9.17) is 0 Å². The number of nitrogens with zero attached hydrogens (tertiary/aromatic N) is 3. The number of hydrogen-bond acceptors (Lipinski definition) is 4. The van der Waals surface area contributed by atoms with Crippen LogP contribution in [0.5, 0.6) is 0 Å². The van der Waals surface area contributed by atoms with Crippen molar-refractivity contribution in [3.05, 3.63) is 57.8 Å². The van der Waals surface area contributed by atoms with Gasteiger partial charge in [0.2, 0.25) is 0 Å². The Hall–Kier alpha value is -2.08. The van der Waals surface area contributed by atoms with Crippen molar-refractivity contribution in [2.75, 3.05) is 0 Å². The summed E-state index contributed by atoms with van der Waals surface area (Å²) in [5, 5.41) is 3.00. The van der Waals surface area contributed by atoms with E-state index in [0.29, 0.717) is 11.5 Å². The van der Waals surface area contributed by atoms with Crippen LogP contribution in [0.3, 0.4) is 0 Å². The lowest BCUT2D eigenvalue weighted by Gasteiger charge is -2.02. The van der Waals surface area contributed by atoms with Gasteiger partial charge in [-0.3, -0.25) is 9.89 Å². The highest BCUT2D eigenvalue weighted by Crippen LogP contribution is 2.21. The zero-order chi connectivity index (χ0) is 15.5. The number of nitrogens with one attached hydrogen (secondary N) is 1. The third-order valence-electron chi connectivity index (χ3n) is 3.32. The van der Waals surface area contributed by atoms with E-state index in [1.165, 1.54) is 15.0 Å². The highest BCUT2D eigenvalue weighted by molar-refractivity contribution is 7.98. The molecule has 0 atom stereocenters. The third kappa shape index (κ3) is 3.22. The van der Waals surface area contributed by atoms with Crippen LogP contribution in [0.2, 0.25) is 0 Å². The first kappa shape index (κ1) is 14.8. The van der Waals surface area contributed by atoms with Crippen molar-refractivity contribution in [1.82, 2.24) is 19.6 Å². The fraction of sp³-hybridized carbons (Fsp3) is 0.312. The van der Waals surface area contributed by atoms with Gasteiger partial charge in [-0.1, -0.05) is 24.6 Å². The van der Waals surface area contributed by atoms with E-state index in [9.17, 15) is 4.79 Å². The Morgan fingerprint density at radius 1 is 1.23 bits per heavy atom. The molecule has 2 heterocycles. The van der Waals surface area contributed by atoms with E-state index in [-0.39, 0.29) is 5.56 Å². The van der Waals surface area contributed by atoms with Gasteiger partial charge in [-0.15, -0.1) is 11.8 Å². The number of H-pyrrole nitrogens is 1. The number of aryl methyl sites for hydroxylation is 2. The fourth-order valence-corrected chi connectivity index (χ4v) is 2.98. The molecule has 114 valence electrons. The van der Waals surface area contributed by atoms with Gasteiger partial charge >= 0.3 is 0 Å². The predicted octanol–water partition coefficient (Wildman–Crippen LogP) is 2.97. The van der Waals surface area contributed by atoms with Gasteiger partial charge in [-0.2, -0.15) is 9.50 Å². The Bertz CT molecular complexity index is 835. The summed E-state index contributed by atoms with van der Waals surface area (Å²) in [5.74, 6) is 1.91. The minimum Gasteiger partial charge on any atom is -0.275 e. The summed E-state index contributed by atoms with van der Waals surface area (Å²) < 4.78 is 1.41. The molecule has 2 aromatic heterocycles. The maximum absolute atomic E-state index is 12.1. The molecule has 0 bridgehead atoms. The summed E-state index contributed by atoms with van der Waals surface area (Å²) in [7, 11) is 0. The highest BCUT2D eigenvalue weighted by Gasteiger charge is 2.08. The molecule has 1 N–H and O–H groups in total. The molecule has 1 aromatic carbocycles. The smallest absolute Gasteiger partial charge is 0.274 e. The van der Waals surface area contributed by atoms with Crippen LogP contribution >= 0.6 is 11.8 Å². The van der Waals surface area contributed by atoms with E-state index >= 15 is 0 Å². The lowest BCUT2D eigenvalue weighted by molar-refractivity contribution is 0.804. The van der Waals surface area contributed by atoms with Gasteiger partial charge in [-0.05, 0) is 25.5 Å². The summed E-state index contributed by atoms with van der Waals surface area (Å²) in [5.41, 5.74) is 1.88.